The van der Waals surface area contributed by atoms with Gasteiger partial charge < -0.3 is 15.4 Å². The molecular formula is C21H18ClF2N3O3. The fraction of sp³-hybridized carbons (Fsp3) is 0.190. The Labute approximate surface area is 176 Å². The molecule has 0 saturated carbocycles. The van der Waals surface area contributed by atoms with Crippen LogP contribution in [-0.4, -0.2) is 29.5 Å². The standard InChI is InChI=1S/C21H16ClF2N3O3.H2/c22-14-8-12-7-13(10-25-17(12)9-18(14)30-21(23)24)19(28)27-16-6-5-11-3-1-2-4-15(11)26-20(16)29;/h1-4,7-10,16,21H,5-6H2,(H,26,29)(H,27,28);1H. The first-order valence-corrected chi connectivity index (χ1v) is 9.52. The molecule has 0 saturated heterocycles. The molecule has 4 rings (SSSR count). The van der Waals surface area contributed by atoms with E-state index in [1.165, 1.54) is 24.4 Å². The topological polar surface area (TPSA) is 80.3 Å². The highest BCUT2D eigenvalue weighted by Gasteiger charge is 2.25. The molecule has 2 aromatic carbocycles. The van der Waals surface area contributed by atoms with E-state index in [4.69, 9.17) is 11.6 Å². The van der Waals surface area contributed by atoms with Crippen LogP contribution in [0, 0.1) is 0 Å². The van der Waals surface area contributed by atoms with Crippen LogP contribution in [0.3, 0.4) is 0 Å². The van der Waals surface area contributed by atoms with E-state index in [1.54, 1.807) is 0 Å². The van der Waals surface area contributed by atoms with E-state index in [0.29, 0.717) is 23.7 Å². The molecule has 1 aliphatic heterocycles. The maximum absolute atomic E-state index is 12.7. The quantitative estimate of drug-likeness (QED) is 0.638. The number of benzene rings is 2. The van der Waals surface area contributed by atoms with Crippen LogP contribution in [0.5, 0.6) is 5.75 Å². The second kappa shape index (κ2) is 8.23. The van der Waals surface area contributed by atoms with Gasteiger partial charge in [0.1, 0.15) is 11.8 Å². The Morgan fingerprint density at radius 1 is 1.30 bits per heavy atom. The summed E-state index contributed by atoms with van der Waals surface area (Å²) < 4.78 is 29.3. The molecule has 6 nitrogen and oxygen atoms in total. The van der Waals surface area contributed by atoms with E-state index in [9.17, 15) is 18.4 Å². The predicted molar refractivity (Wildman–Crippen MR) is 110 cm³/mol. The minimum absolute atomic E-state index is 0. The summed E-state index contributed by atoms with van der Waals surface area (Å²) in [6.07, 6.45) is 2.40. The normalized spacial score (nSPS) is 16.0. The molecule has 2 N–H and O–H groups in total. The van der Waals surface area contributed by atoms with Crippen molar-refractivity contribution < 1.29 is 24.5 Å². The minimum Gasteiger partial charge on any atom is -0.433 e. The van der Waals surface area contributed by atoms with Crippen molar-refractivity contribution in [3.8, 4) is 5.75 Å². The molecule has 9 heteroatoms. The van der Waals surface area contributed by atoms with Gasteiger partial charge in [0.05, 0.1) is 16.1 Å². The molecule has 1 aromatic heterocycles. The summed E-state index contributed by atoms with van der Waals surface area (Å²) in [6, 6.07) is 11.0. The minimum atomic E-state index is -3.01. The predicted octanol–water partition coefficient (Wildman–Crippen LogP) is 4.42. The summed E-state index contributed by atoms with van der Waals surface area (Å²) in [5, 5.41) is 6.01. The molecule has 1 aliphatic rings. The Morgan fingerprint density at radius 2 is 2.10 bits per heavy atom. The fourth-order valence-corrected chi connectivity index (χ4v) is 3.55. The summed E-state index contributed by atoms with van der Waals surface area (Å²) in [4.78, 5) is 29.3. The highest BCUT2D eigenvalue weighted by molar-refractivity contribution is 6.32. The Kier molecular flexibility index (Phi) is 5.50. The van der Waals surface area contributed by atoms with Crippen LogP contribution < -0.4 is 15.4 Å². The number of anilines is 1. The first-order valence-electron chi connectivity index (χ1n) is 9.14. The lowest BCUT2D eigenvalue weighted by atomic mass is 10.1. The van der Waals surface area contributed by atoms with E-state index in [1.807, 2.05) is 24.3 Å². The zero-order valence-corrected chi connectivity index (χ0v) is 16.2. The van der Waals surface area contributed by atoms with Crippen molar-refractivity contribution >= 4 is 40.0 Å². The van der Waals surface area contributed by atoms with Gasteiger partial charge in [0.15, 0.2) is 0 Å². The molecule has 1 atom stereocenters. The number of hydrogen-bond donors (Lipinski definition) is 2. The molecule has 3 aromatic rings. The molecule has 2 heterocycles. The largest absolute Gasteiger partial charge is 0.433 e. The van der Waals surface area contributed by atoms with E-state index in [2.05, 4.69) is 20.4 Å². The fourth-order valence-electron chi connectivity index (χ4n) is 3.33. The smallest absolute Gasteiger partial charge is 0.387 e. The van der Waals surface area contributed by atoms with Crippen LogP contribution in [0.1, 0.15) is 23.8 Å². The van der Waals surface area contributed by atoms with Crippen LogP contribution in [-0.2, 0) is 11.2 Å². The van der Waals surface area contributed by atoms with E-state index < -0.39 is 18.6 Å². The average Bonchev–Trinajstić information content (AvgIpc) is 2.86. The number of nitrogens with zero attached hydrogens (tertiary/aromatic N) is 1. The van der Waals surface area contributed by atoms with Gasteiger partial charge in [-0.3, -0.25) is 14.6 Å². The number of ether oxygens (including phenoxy) is 1. The second-order valence-corrected chi connectivity index (χ2v) is 7.20. The number of para-hydroxylation sites is 1. The first-order chi connectivity index (χ1) is 14.4. The number of halogens is 3. The maximum atomic E-state index is 12.7. The molecule has 0 spiro atoms. The number of aromatic nitrogens is 1. The maximum Gasteiger partial charge on any atom is 0.387 e. The third-order valence-corrected chi connectivity index (χ3v) is 5.11. The van der Waals surface area contributed by atoms with Gasteiger partial charge in [-0.25, -0.2) is 0 Å². The summed E-state index contributed by atoms with van der Waals surface area (Å²) in [6.45, 7) is -3.01. The van der Waals surface area contributed by atoms with Crippen molar-refractivity contribution in [1.29, 1.82) is 0 Å². The third kappa shape index (κ3) is 4.18. The Bertz CT molecular complexity index is 1150. The molecule has 0 aliphatic carbocycles. The van der Waals surface area contributed by atoms with Crippen molar-refractivity contribution in [1.82, 2.24) is 10.3 Å². The number of carbonyl (C=O) groups is 2. The van der Waals surface area contributed by atoms with Crippen molar-refractivity contribution in [2.75, 3.05) is 5.32 Å². The molecule has 0 radical (unpaired) electrons. The van der Waals surface area contributed by atoms with Gasteiger partial charge in [-0.15, -0.1) is 0 Å². The third-order valence-electron chi connectivity index (χ3n) is 4.81. The second-order valence-electron chi connectivity index (χ2n) is 6.79. The van der Waals surface area contributed by atoms with Crippen LogP contribution in [0.25, 0.3) is 10.9 Å². The molecule has 0 bridgehead atoms. The lowest BCUT2D eigenvalue weighted by Gasteiger charge is -2.15. The first kappa shape index (κ1) is 20.0. The van der Waals surface area contributed by atoms with Gasteiger partial charge in [-0.05, 0) is 36.6 Å². The number of rotatable bonds is 4. The van der Waals surface area contributed by atoms with Gasteiger partial charge in [-0.2, -0.15) is 8.78 Å². The summed E-state index contributed by atoms with van der Waals surface area (Å²) in [5.41, 5.74) is 2.31. The van der Waals surface area contributed by atoms with Crippen LogP contribution >= 0.6 is 11.6 Å². The van der Waals surface area contributed by atoms with Gasteiger partial charge in [-0.1, -0.05) is 29.8 Å². The highest BCUT2D eigenvalue weighted by atomic mass is 35.5. The number of amides is 2. The van der Waals surface area contributed by atoms with E-state index in [-0.39, 0.29) is 23.7 Å². The SMILES string of the molecule is O=C(NC1CCc2ccccc2NC1=O)c1cnc2cc(OC(F)F)c(Cl)cc2c1.[HH]. The monoisotopic (exact) mass is 433 g/mol. The number of aryl methyl sites for hydroxylation is 1. The van der Waals surface area contributed by atoms with Crippen molar-refractivity contribution in [3.05, 3.63) is 64.8 Å². The number of nitrogens with one attached hydrogen (secondary N) is 2. The lowest BCUT2D eigenvalue weighted by molar-refractivity contribution is -0.118. The van der Waals surface area contributed by atoms with E-state index in [0.717, 1.165) is 11.3 Å². The van der Waals surface area contributed by atoms with Gasteiger partial charge in [0.2, 0.25) is 5.91 Å². The highest BCUT2D eigenvalue weighted by Crippen LogP contribution is 2.31. The molecule has 1 unspecified atom stereocenters. The van der Waals surface area contributed by atoms with Gasteiger partial charge in [0, 0.05) is 24.8 Å². The number of pyridine rings is 1. The summed E-state index contributed by atoms with van der Waals surface area (Å²) in [5.74, 6) is -0.961. The molecule has 156 valence electrons. The molecular weight excluding hydrogens is 416 g/mol. The Morgan fingerprint density at radius 3 is 2.90 bits per heavy atom. The van der Waals surface area contributed by atoms with Gasteiger partial charge >= 0.3 is 6.61 Å². The number of hydrogen-bond acceptors (Lipinski definition) is 4. The van der Waals surface area contributed by atoms with E-state index >= 15 is 0 Å². The zero-order chi connectivity index (χ0) is 21.3. The summed E-state index contributed by atoms with van der Waals surface area (Å²) >= 11 is 5.98. The number of alkyl halides is 2. The lowest BCUT2D eigenvalue weighted by Crippen LogP contribution is -2.43. The number of carbonyl (C=O) groups excluding carboxylic acids is 2. The van der Waals surface area contributed by atoms with Crippen molar-refractivity contribution in [2.45, 2.75) is 25.5 Å². The van der Waals surface area contributed by atoms with Crippen molar-refractivity contribution in [2.24, 2.45) is 0 Å². The molecule has 30 heavy (non-hydrogen) atoms. The molecule has 2 amide bonds. The zero-order valence-electron chi connectivity index (χ0n) is 15.5. The number of fused-ring (bicyclic) bond motifs is 2. The molecule has 0 fully saturated rings. The Hall–Kier alpha value is -3.26. The Balaban J connectivity index is 0.00000272. The van der Waals surface area contributed by atoms with Crippen LogP contribution in [0.15, 0.2) is 48.7 Å². The van der Waals surface area contributed by atoms with Gasteiger partial charge in [0.25, 0.3) is 5.91 Å². The van der Waals surface area contributed by atoms with Crippen molar-refractivity contribution in [3.63, 3.8) is 0 Å². The van der Waals surface area contributed by atoms with Crippen LogP contribution in [0.2, 0.25) is 5.02 Å². The van der Waals surface area contributed by atoms with Crippen LogP contribution in [0.4, 0.5) is 14.5 Å². The summed E-state index contributed by atoms with van der Waals surface area (Å²) in [7, 11) is 0. The average molecular weight is 434 g/mol.